The van der Waals surface area contributed by atoms with E-state index in [2.05, 4.69) is 56.6 Å². The Bertz CT molecular complexity index is 1190. The first-order chi connectivity index (χ1) is 17.6. The summed E-state index contributed by atoms with van der Waals surface area (Å²) in [6, 6.07) is 17.2. The highest BCUT2D eigenvalue weighted by Crippen LogP contribution is 2.34. The summed E-state index contributed by atoms with van der Waals surface area (Å²) >= 11 is 0. The lowest BCUT2D eigenvalue weighted by Gasteiger charge is -2.29. The normalized spacial score (nSPS) is 15.6. The number of benzene rings is 2. The number of aromatic nitrogens is 2. The van der Waals surface area contributed by atoms with E-state index in [0.29, 0.717) is 24.7 Å². The Balaban J connectivity index is 1.29. The van der Waals surface area contributed by atoms with Gasteiger partial charge < -0.3 is 20.5 Å². The molecule has 9 nitrogen and oxygen atoms in total. The SMILES string of the molecule is COCCOc1nc(N)c2c(n1)N(Cc1ccc(-c3ccc(CN4CCCC4)cc3)cc1)C(=O)CN2. The van der Waals surface area contributed by atoms with Gasteiger partial charge in [0, 0.05) is 13.7 Å². The summed E-state index contributed by atoms with van der Waals surface area (Å²) in [5.41, 5.74) is 11.3. The number of nitrogens with one attached hydrogen (secondary N) is 1. The van der Waals surface area contributed by atoms with E-state index in [1.165, 1.54) is 37.1 Å². The summed E-state index contributed by atoms with van der Waals surface area (Å²) in [4.78, 5) is 25.6. The Kier molecular flexibility index (Phi) is 7.29. The quantitative estimate of drug-likeness (QED) is 0.442. The zero-order valence-corrected chi connectivity index (χ0v) is 20.6. The van der Waals surface area contributed by atoms with Crippen LogP contribution in [0.15, 0.2) is 48.5 Å². The van der Waals surface area contributed by atoms with Gasteiger partial charge in [0.15, 0.2) is 11.6 Å². The molecule has 0 radical (unpaired) electrons. The van der Waals surface area contributed by atoms with Crippen LogP contribution in [0, 0.1) is 0 Å². The van der Waals surface area contributed by atoms with E-state index in [9.17, 15) is 4.79 Å². The fourth-order valence-corrected chi connectivity index (χ4v) is 4.62. The third-order valence-electron chi connectivity index (χ3n) is 6.58. The van der Waals surface area contributed by atoms with E-state index >= 15 is 0 Å². The number of nitrogen functional groups attached to an aromatic ring is 1. The van der Waals surface area contributed by atoms with Gasteiger partial charge in [-0.3, -0.25) is 14.6 Å². The minimum atomic E-state index is -0.0962. The number of carbonyl (C=O) groups is 1. The van der Waals surface area contributed by atoms with Crippen molar-refractivity contribution in [2.75, 3.05) is 55.9 Å². The number of likely N-dealkylation sites (tertiary alicyclic amines) is 1. The first-order valence-corrected chi connectivity index (χ1v) is 12.3. The molecule has 1 aromatic heterocycles. The standard InChI is InChI=1S/C27H32N6O3/c1-35-14-15-36-27-30-25(28)24-26(31-27)33(23(34)16-29-24)18-20-6-10-22(11-7-20)21-8-4-19(5-9-21)17-32-12-2-3-13-32/h4-11,29H,2-3,12-18H2,1H3,(H2,28,30,31). The highest BCUT2D eigenvalue weighted by Gasteiger charge is 2.29. The molecule has 3 heterocycles. The lowest BCUT2D eigenvalue weighted by atomic mass is 10.0. The van der Waals surface area contributed by atoms with Gasteiger partial charge >= 0.3 is 6.01 Å². The summed E-state index contributed by atoms with van der Waals surface area (Å²) in [5, 5.41) is 3.02. The van der Waals surface area contributed by atoms with Crippen molar-refractivity contribution < 1.29 is 14.3 Å². The Morgan fingerprint density at radius 3 is 2.19 bits per heavy atom. The van der Waals surface area contributed by atoms with Crippen LogP contribution in [0.1, 0.15) is 24.0 Å². The molecule has 3 aromatic rings. The average Bonchev–Trinajstić information content (AvgIpc) is 3.40. The number of nitrogens with zero attached hydrogens (tertiary/aromatic N) is 4. The van der Waals surface area contributed by atoms with Crippen molar-refractivity contribution in [3.63, 3.8) is 0 Å². The number of amides is 1. The van der Waals surface area contributed by atoms with E-state index in [0.717, 1.165) is 17.7 Å². The molecule has 2 aromatic carbocycles. The fraction of sp³-hybridized carbons (Fsp3) is 0.370. The molecule has 5 rings (SSSR count). The molecule has 2 aliphatic heterocycles. The van der Waals surface area contributed by atoms with Crippen LogP contribution < -0.4 is 20.7 Å². The molecule has 0 spiro atoms. The minimum absolute atomic E-state index is 0.0962. The van der Waals surface area contributed by atoms with Crippen molar-refractivity contribution >= 4 is 23.2 Å². The van der Waals surface area contributed by atoms with Crippen molar-refractivity contribution in [1.82, 2.24) is 14.9 Å². The number of hydrogen-bond acceptors (Lipinski definition) is 8. The summed E-state index contributed by atoms with van der Waals surface area (Å²) in [5.74, 6) is 0.568. The summed E-state index contributed by atoms with van der Waals surface area (Å²) in [7, 11) is 1.59. The summed E-state index contributed by atoms with van der Waals surface area (Å²) < 4.78 is 10.5. The molecule has 1 saturated heterocycles. The number of methoxy groups -OCH3 is 1. The van der Waals surface area contributed by atoms with Crippen molar-refractivity contribution in [3.8, 4) is 17.1 Å². The van der Waals surface area contributed by atoms with E-state index in [4.69, 9.17) is 15.2 Å². The maximum absolute atomic E-state index is 12.8. The van der Waals surface area contributed by atoms with Crippen molar-refractivity contribution in [2.45, 2.75) is 25.9 Å². The second-order valence-electron chi connectivity index (χ2n) is 9.14. The average molecular weight is 489 g/mol. The smallest absolute Gasteiger partial charge is 0.320 e. The second-order valence-corrected chi connectivity index (χ2v) is 9.14. The fourth-order valence-electron chi connectivity index (χ4n) is 4.62. The van der Waals surface area contributed by atoms with Gasteiger partial charge in [0.1, 0.15) is 12.3 Å². The molecule has 1 fully saturated rings. The predicted molar refractivity (Wildman–Crippen MR) is 140 cm³/mol. The van der Waals surface area contributed by atoms with Gasteiger partial charge in [-0.25, -0.2) is 0 Å². The maximum Gasteiger partial charge on any atom is 0.320 e. The summed E-state index contributed by atoms with van der Waals surface area (Å²) in [6.45, 7) is 4.61. The molecule has 0 atom stereocenters. The van der Waals surface area contributed by atoms with E-state index in [1.54, 1.807) is 12.0 Å². The molecule has 0 aliphatic carbocycles. The van der Waals surface area contributed by atoms with Crippen LogP contribution in [0.5, 0.6) is 6.01 Å². The number of anilines is 3. The molecule has 9 heteroatoms. The number of fused-ring (bicyclic) bond motifs is 1. The number of ether oxygens (including phenoxy) is 2. The van der Waals surface area contributed by atoms with Gasteiger partial charge in [0.2, 0.25) is 5.91 Å². The van der Waals surface area contributed by atoms with Gasteiger partial charge in [0.05, 0.1) is 19.7 Å². The molecule has 2 aliphatic rings. The number of carbonyl (C=O) groups excluding carboxylic acids is 1. The van der Waals surface area contributed by atoms with Crippen molar-refractivity contribution in [2.24, 2.45) is 0 Å². The van der Waals surface area contributed by atoms with E-state index in [-0.39, 0.29) is 30.9 Å². The highest BCUT2D eigenvalue weighted by molar-refractivity contribution is 6.03. The van der Waals surface area contributed by atoms with Gasteiger partial charge in [0.25, 0.3) is 0 Å². The van der Waals surface area contributed by atoms with Crippen LogP contribution in [0.4, 0.5) is 17.3 Å². The number of rotatable bonds is 9. The largest absolute Gasteiger partial charge is 0.461 e. The first-order valence-electron chi connectivity index (χ1n) is 12.3. The lowest BCUT2D eigenvalue weighted by molar-refractivity contribution is -0.117. The Morgan fingerprint density at radius 2 is 1.56 bits per heavy atom. The Hall–Kier alpha value is -3.69. The molecule has 1 amide bonds. The summed E-state index contributed by atoms with van der Waals surface area (Å²) in [6.07, 6.45) is 2.61. The molecule has 0 bridgehead atoms. The van der Waals surface area contributed by atoms with Gasteiger partial charge in [-0.05, 0) is 48.2 Å². The maximum atomic E-state index is 12.8. The van der Waals surface area contributed by atoms with E-state index in [1.807, 2.05) is 12.1 Å². The molecular weight excluding hydrogens is 456 g/mol. The Labute approximate surface area is 211 Å². The van der Waals surface area contributed by atoms with Gasteiger partial charge in [-0.2, -0.15) is 9.97 Å². The van der Waals surface area contributed by atoms with Gasteiger partial charge in [-0.1, -0.05) is 48.5 Å². The number of hydrogen-bond donors (Lipinski definition) is 2. The van der Waals surface area contributed by atoms with E-state index < -0.39 is 0 Å². The van der Waals surface area contributed by atoms with Gasteiger partial charge in [-0.15, -0.1) is 0 Å². The third-order valence-corrected chi connectivity index (χ3v) is 6.58. The first kappa shape index (κ1) is 24.0. The topological polar surface area (TPSA) is 106 Å². The Morgan fingerprint density at radius 1 is 0.917 bits per heavy atom. The zero-order valence-electron chi connectivity index (χ0n) is 20.6. The van der Waals surface area contributed by atoms with Crippen LogP contribution in [0.2, 0.25) is 0 Å². The van der Waals surface area contributed by atoms with Crippen LogP contribution in [0.25, 0.3) is 11.1 Å². The molecule has 3 N–H and O–H groups in total. The third kappa shape index (κ3) is 5.42. The van der Waals surface area contributed by atoms with Crippen molar-refractivity contribution in [3.05, 3.63) is 59.7 Å². The second kappa shape index (κ2) is 10.9. The molecule has 36 heavy (non-hydrogen) atoms. The predicted octanol–water partition coefficient (Wildman–Crippen LogP) is 3.31. The molecular formula is C27H32N6O3. The highest BCUT2D eigenvalue weighted by atomic mass is 16.5. The van der Waals surface area contributed by atoms with Crippen LogP contribution in [-0.4, -0.2) is 60.7 Å². The number of nitrogens with two attached hydrogens (primary N) is 1. The monoisotopic (exact) mass is 488 g/mol. The van der Waals surface area contributed by atoms with Crippen LogP contribution in [0.3, 0.4) is 0 Å². The molecule has 0 saturated carbocycles. The van der Waals surface area contributed by atoms with Crippen LogP contribution in [-0.2, 0) is 22.6 Å². The minimum Gasteiger partial charge on any atom is -0.461 e. The van der Waals surface area contributed by atoms with Crippen LogP contribution >= 0.6 is 0 Å². The molecule has 188 valence electrons. The lowest BCUT2D eigenvalue weighted by Crippen LogP contribution is -2.40. The molecule has 0 unspecified atom stereocenters. The van der Waals surface area contributed by atoms with Crippen molar-refractivity contribution in [1.29, 1.82) is 0 Å². The zero-order chi connectivity index (χ0) is 24.9.